The van der Waals surface area contributed by atoms with Crippen LogP contribution in [0.25, 0.3) is 5.70 Å². The number of aliphatic hydroxyl groups excluding tert-OH is 1. The maximum absolute atomic E-state index is 12.7. The molecular weight excluding hydrogens is 197 g/mol. The molecule has 0 aromatic heterocycles. The van der Waals surface area contributed by atoms with Crippen LogP contribution in [0.3, 0.4) is 0 Å². The van der Waals surface area contributed by atoms with E-state index < -0.39 is 0 Å². The summed E-state index contributed by atoms with van der Waals surface area (Å²) in [6.07, 6.45) is -0.157. The first-order valence-corrected chi connectivity index (χ1v) is 4.74. The number of hydrogen-bond acceptors (Lipinski definition) is 3. The summed E-state index contributed by atoms with van der Waals surface area (Å²) >= 11 is 0. The van der Waals surface area contributed by atoms with E-state index in [-0.39, 0.29) is 18.5 Å². The van der Waals surface area contributed by atoms with E-state index in [0.717, 1.165) is 16.8 Å². The molecule has 0 amide bonds. The van der Waals surface area contributed by atoms with Crippen molar-refractivity contribution in [3.8, 4) is 0 Å². The molecule has 1 heterocycles. The Hall–Kier alpha value is -1.39. The van der Waals surface area contributed by atoms with Crippen molar-refractivity contribution in [2.24, 2.45) is 0 Å². The number of hydroxylamine groups is 1. The van der Waals surface area contributed by atoms with Crippen LogP contribution in [0.1, 0.15) is 12.5 Å². The van der Waals surface area contributed by atoms with Crippen molar-refractivity contribution in [3.05, 3.63) is 41.2 Å². The quantitative estimate of drug-likeness (QED) is 0.774. The predicted octanol–water partition coefficient (Wildman–Crippen LogP) is 1.45. The van der Waals surface area contributed by atoms with Crippen molar-refractivity contribution >= 4 is 5.70 Å². The second kappa shape index (κ2) is 4.00. The minimum atomic E-state index is -0.281. The number of rotatable bonds is 2. The number of halogens is 1. The molecule has 0 radical (unpaired) electrons. The highest BCUT2D eigenvalue weighted by molar-refractivity contribution is 5.68. The van der Waals surface area contributed by atoms with Crippen molar-refractivity contribution in [3.63, 3.8) is 0 Å². The zero-order valence-electron chi connectivity index (χ0n) is 8.33. The SMILES string of the molecule is CC1ONC(c2ccc(F)cc2)=C1CO. The molecule has 80 valence electrons. The fraction of sp³-hybridized carbons (Fsp3) is 0.273. The molecule has 3 nitrogen and oxygen atoms in total. The van der Waals surface area contributed by atoms with Gasteiger partial charge in [-0.3, -0.25) is 10.3 Å². The highest BCUT2D eigenvalue weighted by Crippen LogP contribution is 2.25. The number of aliphatic hydroxyl groups is 1. The van der Waals surface area contributed by atoms with Gasteiger partial charge in [-0.2, -0.15) is 0 Å². The lowest BCUT2D eigenvalue weighted by molar-refractivity contribution is 0.0540. The van der Waals surface area contributed by atoms with Gasteiger partial charge >= 0.3 is 0 Å². The lowest BCUT2D eigenvalue weighted by Crippen LogP contribution is -2.10. The molecule has 2 rings (SSSR count). The normalized spacial score (nSPS) is 20.6. The lowest BCUT2D eigenvalue weighted by Gasteiger charge is -2.04. The monoisotopic (exact) mass is 209 g/mol. The van der Waals surface area contributed by atoms with Gasteiger partial charge in [0.2, 0.25) is 0 Å². The van der Waals surface area contributed by atoms with Gasteiger partial charge in [-0.1, -0.05) is 0 Å². The molecule has 15 heavy (non-hydrogen) atoms. The summed E-state index contributed by atoms with van der Waals surface area (Å²) in [6, 6.07) is 6.05. The predicted molar refractivity (Wildman–Crippen MR) is 54.1 cm³/mol. The van der Waals surface area contributed by atoms with Gasteiger partial charge in [-0.25, -0.2) is 4.39 Å². The Kier molecular flexibility index (Phi) is 2.70. The number of hydrogen-bond donors (Lipinski definition) is 2. The second-order valence-electron chi connectivity index (χ2n) is 3.43. The first kappa shape index (κ1) is 10.1. The molecule has 1 aromatic carbocycles. The van der Waals surface area contributed by atoms with Crippen LogP contribution in [0, 0.1) is 5.82 Å². The van der Waals surface area contributed by atoms with Crippen molar-refractivity contribution < 1.29 is 14.3 Å². The lowest BCUT2D eigenvalue weighted by atomic mass is 10.0. The summed E-state index contributed by atoms with van der Waals surface area (Å²) in [7, 11) is 0. The molecule has 2 N–H and O–H groups in total. The topological polar surface area (TPSA) is 41.5 Å². The van der Waals surface area contributed by atoms with E-state index >= 15 is 0 Å². The fourth-order valence-electron chi connectivity index (χ4n) is 1.56. The van der Waals surface area contributed by atoms with Crippen LogP contribution in [0.5, 0.6) is 0 Å². The third kappa shape index (κ3) is 1.86. The third-order valence-corrected chi connectivity index (χ3v) is 2.45. The summed E-state index contributed by atoms with van der Waals surface area (Å²) < 4.78 is 12.7. The molecule has 0 aliphatic carbocycles. The van der Waals surface area contributed by atoms with Crippen LogP contribution in [0.4, 0.5) is 4.39 Å². The average Bonchev–Trinajstić information content (AvgIpc) is 2.61. The van der Waals surface area contributed by atoms with Crippen molar-refractivity contribution in [1.29, 1.82) is 0 Å². The summed E-state index contributed by atoms with van der Waals surface area (Å²) in [6.45, 7) is 1.77. The standard InChI is InChI=1S/C11H12FNO2/c1-7-10(6-14)11(13-15-7)8-2-4-9(12)5-3-8/h2-5,7,13-14H,6H2,1H3. The zero-order valence-corrected chi connectivity index (χ0v) is 8.33. The van der Waals surface area contributed by atoms with Gasteiger partial charge in [0, 0.05) is 11.1 Å². The molecular formula is C11H12FNO2. The smallest absolute Gasteiger partial charge is 0.123 e. The molecule has 0 bridgehead atoms. The van der Waals surface area contributed by atoms with Crippen LogP contribution in [0.2, 0.25) is 0 Å². The molecule has 0 fully saturated rings. The Morgan fingerprint density at radius 2 is 2.07 bits per heavy atom. The molecule has 4 heteroatoms. The molecule has 1 atom stereocenters. The second-order valence-corrected chi connectivity index (χ2v) is 3.43. The first-order valence-electron chi connectivity index (χ1n) is 4.74. The Bertz CT molecular complexity index is 386. The van der Waals surface area contributed by atoms with Gasteiger partial charge in [0.05, 0.1) is 12.3 Å². The summed E-state index contributed by atoms with van der Waals surface area (Å²) in [5.74, 6) is -0.281. The van der Waals surface area contributed by atoms with Crippen LogP contribution in [-0.2, 0) is 4.84 Å². The van der Waals surface area contributed by atoms with E-state index in [1.54, 1.807) is 12.1 Å². The van der Waals surface area contributed by atoms with Crippen LogP contribution < -0.4 is 5.48 Å². The Labute approximate surface area is 87.1 Å². The summed E-state index contributed by atoms with van der Waals surface area (Å²) in [5, 5.41) is 9.17. The minimum absolute atomic E-state index is 0.0686. The fourth-order valence-corrected chi connectivity index (χ4v) is 1.56. The Morgan fingerprint density at radius 1 is 1.40 bits per heavy atom. The Balaban J connectivity index is 2.38. The minimum Gasteiger partial charge on any atom is -0.392 e. The molecule has 1 aromatic rings. The molecule has 0 spiro atoms. The Morgan fingerprint density at radius 3 is 2.67 bits per heavy atom. The largest absolute Gasteiger partial charge is 0.392 e. The highest BCUT2D eigenvalue weighted by Gasteiger charge is 2.22. The van der Waals surface area contributed by atoms with Crippen molar-refractivity contribution in [1.82, 2.24) is 5.48 Å². The van der Waals surface area contributed by atoms with E-state index in [0.29, 0.717) is 0 Å². The van der Waals surface area contributed by atoms with E-state index in [2.05, 4.69) is 5.48 Å². The first-order chi connectivity index (χ1) is 7.22. The van der Waals surface area contributed by atoms with Gasteiger partial charge in [0.15, 0.2) is 0 Å². The van der Waals surface area contributed by atoms with Gasteiger partial charge < -0.3 is 5.11 Å². The van der Waals surface area contributed by atoms with Crippen LogP contribution >= 0.6 is 0 Å². The third-order valence-electron chi connectivity index (χ3n) is 2.45. The van der Waals surface area contributed by atoms with E-state index in [1.165, 1.54) is 12.1 Å². The van der Waals surface area contributed by atoms with E-state index in [4.69, 9.17) is 4.84 Å². The maximum atomic E-state index is 12.7. The highest BCUT2D eigenvalue weighted by atomic mass is 19.1. The van der Waals surface area contributed by atoms with Crippen molar-refractivity contribution in [2.75, 3.05) is 6.61 Å². The summed E-state index contributed by atoms with van der Waals surface area (Å²) in [4.78, 5) is 5.18. The number of nitrogens with one attached hydrogen (secondary N) is 1. The summed E-state index contributed by atoms with van der Waals surface area (Å²) in [5.41, 5.74) is 5.06. The molecule has 1 unspecified atom stereocenters. The maximum Gasteiger partial charge on any atom is 0.123 e. The van der Waals surface area contributed by atoms with Gasteiger partial charge in [0.1, 0.15) is 11.9 Å². The number of benzene rings is 1. The molecule has 1 aliphatic heterocycles. The van der Waals surface area contributed by atoms with E-state index in [9.17, 15) is 9.50 Å². The average molecular weight is 209 g/mol. The molecule has 0 saturated heterocycles. The van der Waals surface area contributed by atoms with Crippen molar-refractivity contribution in [2.45, 2.75) is 13.0 Å². The van der Waals surface area contributed by atoms with Crippen LogP contribution in [0.15, 0.2) is 29.8 Å². The van der Waals surface area contributed by atoms with Crippen LogP contribution in [-0.4, -0.2) is 17.8 Å². The van der Waals surface area contributed by atoms with Gasteiger partial charge in [-0.05, 0) is 31.2 Å². The van der Waals surface area contributed by atoms with Gasteiger partial charge in [0.25, 0.3) is 0 Å². The van der Waals surface area contributed by atoms with Gasteiger partial charge in [-0.15, -0.1) is 0 Å². The zero-order chi connectivity index (χ0) is 10.8. The molecule has 1 aliphatic rings. The van der Waals surface area contributed by atoms with E-state index in [1.807, 2.05) is 6.92 Å². The molecule has 0 saturated carbocycles.